The Morgan fingerprint density at radius 3 is 2.48 bits per heavy atom. The number of carboxylic acid groups (broad SMARTS) is 1. The summed E-state index contributed by atoms with van der Waals surface area (Å²) in [5.41, 5.74) is 0. The minimum Gasteiger partial charge on any atom is -0.481 e. The van der Waals surface area contributed by atoms with Crippen LogP contribution in [0.5, 0.6) is 0 Å². The molecule has 2 aliphatic rings. The molecule has 1 N–H and O–H groups in total. The average molecular weight is 465 g/mol. The summed E-state index contributed by atoms with van der Waals surface area (Å²) >= 11 is 12.0. The Kier molecular flexibility index (Phi) is 6.74. The van der Waals surface area contributed by atoms with Crippen molar-refractivity contribution in [1.82, 2.24) is 9.21 Å². The Morgan fingerprint density at radius 2 is 1.90 bits per heavy atom. The SMILES string of the molecule is COCCN1C[C@H](C(=O)O)[C@H]2CCC[C@@H](C1=O)N2S(=O)(=O)c1cc(Cl)cc(Cl)c1. The quantitative estimate of drug-likeness (QED) is 0.690. The first kappa shape index (κ1) is 22.3. The normalized spacial score (nSPS) is 25.7. The molecule has 2 bridgehead atoms. The molecule has 2 saturated heterocycles. The molecule has 3 rings (SSSR count). The lowest BCUT2D eigenvalue weighted by Crippen LogP contribution is -2.55. The number of fused-ring (bicyclic) bond motifs is 2. The molecule has 2 aliphatic heterocycles. The summed E-state index contributed by atoms with van der Waals surface area (Å²) in [5, 5.41) is 10.1. The summed E-state index contributed by atoms with van der Waals surface area (Å²) in [6.07, 6.45) is 1.23. The number of halogens is 2. The molecular formula is C18H22Cl2N2O6S. The van der Waals surface area contributed by atoms with Crippen molar-refractivity contribution in [2.24, 2.45) is 5.92 Å². The second-order valence-electron chi connectivity index (χ2n) is 7.18. The number of carbonyl (C=O) groups is 2. The smallest absolute Gasteiger partial charge is 0.309 e. The lowest BCUT2D eigenvalue weighted by molar-refractivity contribution is -0.144. The first-order valence-electron chi connectivity index (χ1n) is 9.17. The minimum atomic E-state index is -4.21. The van der Waals surface area contributed by atoms with Gasteiger partial charge in [0, 0.05) is 36.3 Å². The fraction of sp³-hybridized carbons (Fsp3) is 0.556. The number of hydrogen-bond acceptors (Lipinski definition) is 5. The van der Waals surface area contributed by atoms with Gasteiger partial charge in [-0.2, -0.15) is 4.31 Å². The van der Waals surface area contributed by atoms with Crippen LogP contribution in [-0.2, 0) is 24.3 Å². The van der Waals surface area contributed by atoms with E-state index in [1.54, 1.807) is 0 Å². The Labute approximate surface area is 179 Å². The van der Waals surface area contributed by atoms with Crippen molar-refractivity contribution >= 4 is 45.1 Å². The number of benzene rings is 1. The maximum absolute atomic E-state index is 13.5. The largest absolute Gasteiger partial charge is 0.481 e. The first-order valence-corrected chi connectivity index (χ1v) is 11.4. The standard InChI is InChI=1S/C18H22Cl2N2O6S/c1-28-6-5-21-10-14(18(24)25)15-3-2-4-16(17(21)23)22(15)29(26,27)13-8-11(19)7-12(20)9-13/h7-9,14-16H,2-6,10H2,1H3,(H,24,25)/t14-,15+,16-/m0/s1. The van der Waals surface area contributed by atoms with E-state index in [0.29, 0.717) is 19.3 Å². The molecule has 1 amide bonds. The van der Waals surface area contributed by atoms with Gasteiger partial charge in [-0.15, -0.1) is 0 Å². The highest BCUT2D eigenvalue weighted by atomic mass is 35.5. The van der Waals surface area contributed by atoms with Crippen LogP contribution in [0, 0.1) is 5.92 Å². The molecule has 0 spiro atoms. The monoisotopic (exact) mass is 464 g/mol. The van der Waals surface area contributed by atoms with Crippen LogP contribution in [0.15, 0.2) is 23.1 Å². The van der Waals surface area contributed by atoms with Crippen molar-refractivity contribution in [2.45, 2.75) is 36.2 Å². The number of rotatable bonds is 6. The third kappa shape index (κ3) is 4.39. The number of carboxylic acids is 1. The van der Waals surface area contributed by atoms with Gasteiger partial charge in [-0.25, -0.2) is 8.42 Å². The van der Waals surface area contributed by atoms with Gasteiger partial charge >= 0.3 is 5.97 Å². The van der Waals surface area contributed by atoms with Crippen molar-refractivity contribution in [1.29, 1.82) is 0 Å². The van der Waals surface area contributed by atoms with Crippen molar-refractivity contribution in [2.75, 3.05) is 26.8 Å². The Bertz CT molecular complexity index is 889. The predicted octanol–water partition coefficient (Wildman–Crippen LogP) is 2.09. The third-order valence-electron chi connectivity index (χ3n) is 5.38. The number of ether oxygens (including phenoxy) is 1. The van der Waals surface area contributed by atoms with Gasteiger partial charge in [0.05, 0.1) is 17.4 Å². The lowest BCUT2D eigenvalue weighted by atomic mass is 9.90. The average Bonchev–Trinajstić information content (AvgIpc) is 2.72. The Morgan fingerprint density at radius 1 is 1.24 bits per heavy atom. The molecular weight excluding hydrogens is 443 g/mol. The van der Waals surface area contributed by atoms with E-state index in [2.05, 4.69) is 0 Å². The number of nitrogens with zero attached hydrogens (tertiary/aromatic N) is 2. The molecule has 0 saturated carbocycles. The maximum Gasteiger partial charge on any atom is 0.309 e. The van der Waals surface area contributed by atoms with E-state index in [1.807, 2.05) is 0 Å². The molecule has 11 heteroatoms. The highest BCUT2D eigenvalue weighted by Crippen LogP contribution is 2.38. The van der Waals surface area contributed by atoms with E-state index >= 15 is 0 Å². The molecule has 1 aromatic carbocycles. The van der Waals surface area contributed by atoms with Crippen molar-refractivity contribution in [3.63, 3.8) is 0 Å². The zero-order chi connectivity index (χ0) is 21.3. The van der Waals surface area contributed by atoms with Gasteiger partial charge in [-0.3, -0.25) is 9.59 Å². The number of methoxy groups -OCH3 is 1. The maximum atomic E-state index is 13.5. The zero-order valence-electron chi connectivity index (χ0n) is 15.8. The fourth-order valence-electron chi connectivity index (χ4n) is 4.07. The first-order chi connectivity index (χ1) is 13.7. The van der Waals surface area contributed by atoms with Crippen molar-refractivity contribution in [3.8, 4) is 0 Å². The summed E-state index contributed by atoms with van der Waals surface area (Å²) < 4.78 is 33.1. The minimum absolute atomic E-state index is 0.0684. The van der Waals surface area contributed by atoms with E-state index in [-0.39, 0.29) is 34.6 Å². The molecule has 8 nitrogen and oxygen atoms in total. The van der Waals surface area contributed by atoms with Gasteiger partial charge in [0.1, 0.15) is 6.04 Å². The summed E-state index contributed by atoms with van der Waals surface area (Å²) in [4.78, 5) is 26.4. The van der Waals surface area contributed by atoms with E-state index in [0.717, 1.165) is 4.31 Å². The van der Waals surface area contributed by atoms with Crippen LogP contribution in [0.3, 0.4) is 0 Å². The van der Waals surface area contributed by atoms with Gasteiger partial charge in [-0.05, 0) is 37.5 Å². The summed E-state index contributed by atoms with van der Waals surface area (Å²) in [6.45, 7) is 0.354. The Balaban J connectivity index is 2.10. The molecule has 0 aromatic heterocycles. The van der Waals surface area contributed by atoms with Crippen LogP contribution in [0.25, 0.3) is 0 Å². The lowest BCUT2D eigenvalue weighted by Gasteiger charge is -2.39. The van der Waals surface area contributed by atoms with E-state index in [4.69, 9.17) is 27.9 Å². The molecule has 0 aliphatic carbocycles. The van der Waals surface area contributed by atoms with Crippen molar-refractivity contribution in [3.05, 3.63) is 28.2 Å². The van der Waals surface area contributed by atoms with Crippen LogP contribution in [0.4, 0.5) is 0 Å². The molecule has 1 aromatic rings. The van der Waals surface area contributed by atoms with E-state index < -0.39 is 39.9 Å². The number of carbonyl (C=O) groups excluding carboxylic acids is 1. The number of hydrogen-bond donors (Lipinski definition) is 1. The topological polar surface area (TPSA) is 104 Å². The highest BCUT2D eigenvalue weighted by molar-refractivity contribution is 7.89. The molecule has 29 heavy (non-hydrogen) atoms. The van der Waals surface area contributed by atoms with Crippen LogP contribution in [0.1, 0.15) is 19.3 Å². The van der Waals surface area contributed by atoms with Gasteiger partial charge < -0.3 is 14.7 Å². The second kappa shape index (κ2) is 8.77. The molecule has 0 unspecified atom stereocenters. The highest BCUT2D eigenvalue weighted by Gasteiger charge is 2.51. The molecule has 160 valence electrons. The number of amides is 1. The summed E-state index contributed by atoms with van der Waals surface area (Å²) in [6, 6.07) is 2.10. The van der Waals surface area contributed by atoms with Gasteiger partial charge in [0.2, 0.25) is 15.9 Å². The van der Waals surface area contributed by atoms with Crippen LogP contribution in [0.2, 0.25) is 10.0 Å². The van der Waals surface area contributed by atoms with Crippen molar-refractivity contribution < 1.29 is 27.9 Å². The van der Waals surface area contributed by atoms with E-state index in [1.165, 1.54) is 30.2 Å². The molecule has 3 atom stereocenters. The third-order valence-corrected chi connectivity index (χ3v) is 7.73. The number of aliphatic carboxylic acids is 1. The zero-order valence-corrected chi connectivity index (χ0v) is 18.1. The van der Waals surface area contributed by atoms with Crippen LogP contribution < -0.4 is 0 Å². The second-order valence-corrected chi connectivity index (χ2v) is 9.89. The summed E-state index contributed by atoms with van der Waals surface area (Å²) in [5.74, 6) is -2.60. The fourth-order valence-corrected chi connectivity index (χ4v) is 6.66. The van der Waals surface area contributed by atoms with E-state index in [9.17, 15) is 23.1 Å². The summed E-state index contributed by atoms with van der Waals surface area (Å²) in [7, 11) is -2.73. The molecule has 2 heterocycles. The predicted molar refractivity (Wildman–Crippen MR) is 106 cm³/mol. The van der Waals surface area contributed by atoms with Gasteiger partial charge in [0.15, 0.2) is 0 Å². The number of piperidine rings is 1. The van der Waals surface area contributed by atoms with Gasteiger partial charge in [-0.1, -0.05) is 23.2 Å². The van der Waals surface area contributed by atoms with Gasteiger partial charge in [0.25, 0.3) is 0 Å². The van der Waals surface area contributed by atoms with Crippen LogP contribution >= 0.6 is 23.2 Å². The number of sulfonamides is 1. The Hall–Kier alpha value is -1.39. The van der Waals surface area contributed by atoms with Crippen LogP contribution in [-0.4, -0.2) is 73.5 Å². The molecule has 2 fully saturated rings. The molecule has 0 radical (unpaired) electrons.